The number of aryl methyl sites for hydroxylation is 1. The molecule has 2 nitrogen and oxygen atoms in total. The van der Waals surface area contributed by atoms with Crippen LogP contribution in [0.4, 0.5) is 0 Å². The highest BCUT2D eigenvalue weighted by Gasteiger charge is 2.45. The summed E-state index contributed by atoms with van der Waals surface area (Å²) in [5.41, 5.74) is 8.24. The molecule has 1 unspecified atom stereocenters. The van der Waals surface area contributed by atoms with Crippen molar-refractivity contribution < 1.29 is 5.94 Å². The van der Waals surface area contributed by atoms with Crippen molar-refractivity contribution in [2.75, 3.05) is 0 Å². The summed E-state index contributed by atoms with van der Waals surface area (Å²) in [4.78, 5) is 0. The standard InChI is InChI=1S/C29H29N2/c1-20-12-6-11-19-26(20)30-21(2)27-24-17-9-10-18-25(24)28(22-13-4-3-5-14-22)31(27)29(30)23-15-7-8-16-23/h3-6,9-14,17-19,23,28H,7-8,15-16H2,1-2H3/q+1/i28D. The third kappa shape index (κ3) is 2.74. The van der Waals surface area contributed by atoms with E-state index in [9.17, 15) is 1.37 Å². The van der Waals surface area contributed by atoms with E-state index < -0.39 is 6.02 Å². The number of hydrogen-bond acceptors (Lipinski definition) is 0. The van der Waals surface area contributed by atoms with Crippen molar-refractivity contribution in [1.29, 1.82) is 0 Å². The fourth-order valence-corrected chi connectivity index (χ4v) is 5.76. The highest BCUT2D eigenvalue weighted by molar-refractivity contribution is 5.69. The first-order valence-corrected chi connectivity index (χ1v) is 11.5. The van der Waals surface area contributed by atoms with Gasteiger partial charge in [-0.15, -0.1) is 0 Å². The number of hydrogen-bond donors (Lipinski definition) is 0. The molecule has 1 fully saturated rings. The van der Waals surface area contributed by atoms with Gasteiger partial charge < -0.3 is 0 Å². The lowest BCUT2D eigenvalue weighted by Gasteiger charge is -2.17. The van der Waals surface area contributed by atoms with E-state index in [2.05, 4.69) is 95.8 Å². The van der Waals surface area contributed by atoms with Gasteiger partial charge in [0.05, 0.1) is 7.29 Å². The predicted octanol–water partition coefficient (Wildman–Crippen LogP) is 6.66. The number of benzene rings is 3. The molecule has 2 heterocycles. The van der Waals surface area contributed by atoms with Gasteiger partial charge in [0.25, 0.3) is 5.82 Å². The van der Waals surface area contributed by atoms with Crippen molar-refractivity contribution in [2.24, 2.45) is 0 Å². The first kappa shape index (κ1) is 17.5. The van der Waals surface area contributed by atoms with Gasteiger partial charge in [-0.2, -0.15) is 4.57 Å². The number of rotatable bonds is 3. The van der Waals surface area contributed by atoms with Gasteiger partial charge in [-0.1, -0.05) is 85.6 Å². The quantitative estimate of drug-likeness (QED) is 0.337. The second-order valence-electron chi connectivity index (χ2n) is 8.99. The molecule has 3 aromatic carbocycles. The van der Waals surface area contributed by atoms with E-state index in [4.69, 9.17) is 0 Å². The second kappa shape index (κ2) is 7.23. The summed E-state index contributed by atoms with van der Waals surface area (Å²) in [6, 6.07) is 26.7. The molecule has 1 atom stereocenters. The molecule has 6 rings (SSSR count). The molecule has 1 aromatic heterocycles. The largest absolute Gasteiger partial charge is 0.266 e. The molecule has 0 N–H and O–H groups in total. The fourth-order valence-electron chi connectivity index (χ4n) is 5.76. The van der Waals surface area contributed by atoms with Gasteiger partial charge in [0.15, 0.2) is 17.4 Å². The molecule has 1 aliphatic carbocycles. The minimum Gasteiger partial charge on any atom is -0.215 e. The van der Waals surface area contributed by atoms with Crippen LogP contribution in [0.25, 0.3) is 16.9 Å². The van der Waals surface area contributed by atoms with E-state index >= 15 is 0 Å². The van der Waals surface area contributed by atoms with Crippen LogP contribution in [-0.4, -0.2) is 4.57 Å². The topological polar surface area (TPSA) is 8.81 Å². The molecule has 2 heteroatoms. The Morgan fingerprint density at radius 2 is 1.52 bits per heavy atom. The van der Waals surface area contributed by atoms with Crippen molar-refractivity contribution in [3.05, 3.63) is 107 Å². The summed E-state index contributed by atoms with van der Waals surface area (Å²) in [7, 11) is 0. The molecular formula is C29H29N2+. The fraction of sp³-hybridized carbons (Fsp3) is 0.276. The third-order valence-corrected chi connectivity index (χ3v) is 7.14. The van der Waals surface area contributed by atoms with E-state index in [0.717, 1.165) is 11.1 Å². The zero-order valence-electron chi connectivity index (χ0n) is 19.3. The molecule has 1 saturated carbocycles. The first-order valence-electron chi connectivity index (χ1n) is 12.0. The van der Waals surface area contributed by atoms with Crippen molar-refractivity contribution in [1.82, 2.24) is 4.57 Å². The van der Waals surface area contributed by atoms with Crippen molar-refractivity contribution >= 4 is 0 Å². The van der Waals surface area contributed by atoms with Gasteiger partial charge in [-0.3, -0.25) is 0 Å². The molecule has 0 radical (unpaired) electrons. The number of para-hydroxylation sites is 1. The Balaban J connectivity index is 1.76. The Morgan fingerprint density at radius 3 is 2.29 bits per heavy atom. The highest BCUT2D eigenvalue weighted by atomic mass is 15.2. The zero-order chi connectivity index (χ0) is 21.9. The van der Waals surface area contributed by atoms with Crippen LogP contribution in [0.5, 0.6) is 0 Å². The van der Waals surface area contributed by atoms with Crippen molar-refractivity contribution in [3.8, 4) is 16.9 Å². The van der Waals surface area contributed by atoms with Gasteiger partial charge in [0.1, 0.15) is 5.69 Å². The number of imidazole rings is 1. The van der Waals surface area contributed by atoms with E-state index in [1.54, 1.807) is 0 Å². The number of fused-ring (bicyclic) bond motifs is 3. The highest BCUT2D eigenvalue weighted by Crippen LogP contribution is 2.44. The SMILES string of the molecule is [2H]C1(c2ccccc2)c2ccccc2-c2c(C)n(-c3ccccc3C)c(C3CCCC3)[n+]21. The van der Waals surface area contributed by atoms with Crippen LogP contribution in [0.2, 0.25) is 0 Å². The smallest absolute Gasteiger partial charge is 0.215 e. The summed E-state index contributed by atoms with van der Waals surface area (Å²) in [6.07, 6.45) is 4.91. The number of nitrogens with zero attached hydrogens (tertiary/aromatic N) is 2. The Morgan fingerprint density at radius 1 is 0.839 bits per heavy atom. The summed E-state index contributed by atoms with van der Waals surface area (Å²) in [5, 5.41) is 0. The maximum Gasteiger partial charge on any atom is 0.266 e. The van der Waals surface area contributed by atoms with E-state index in [-0.39, 0.29) is 0 Å². The van der Waals surface area contributed by atoms with Crippen LogP contribution in [-0.2, 0) is 0 Å². The molecule has 0 spiro atoms. The number of aromatic nitrogens is 2. The van der Waals surface area contributed by atoms with Crippen LogP contribution in [0, 0.1) is 13.8 Å². The van der Waals surface area contributed by atoms with E-state index in [1.807, 2.05) is 6.07 Å². The lowest BCUT2D eigenvalue weighted by atomic mass is 9.96. The second-order valence-corrected chi connectivity index (χ2v) is 8.99. The molecule has 4 aromatic rings. The van der Waals surface area contributed by atoms with Crippen LogP contribution in [0.1, 0.15) is 67.2 Å². The van der Waals surface area contributed by atoms with Gasteiger partial charge in [-0.25, -0.2) is 4.57 Å². The van der Waals surface area contributed by atoms with Gasteiger partial charge in [0.2, 0.25) is 0 Å². The first-order chi connectivity index (χ1) is 15.6. The Bertz CT molecular complexity index is 1310. The van der Waals surface area contributed by atoms with Crippen LogP contribution >= 0.6 is 0 Å². The average Bonchev–Trinajstić information content (AvgIpc) is 3.52. The summed E-state index contributed by atoms with van der Waals surface area (Å²) >= 11 is 0. The van der Waals surface area contributed by atoms with Crippen LogP contribution in [0.15, 0.2) is 78.9 Å². The Kier molecular flexibility index (Phi) is 4.09. The third-order valence-electron chi connectivity index (χ3n) is 7.14. The van der Waals surface area contributed by atoms with E-state index in [0.29, 0.717) is 5.92 Å². The summed E-state index contributed by atoms with van der Waals surface area (Å²) < 4.78 is 14.9. The van der Waals surface area contributed by atoms with Crippen LogP contribution < -0.4 is 4.57 Å². The van der Waals surface area contributed by atoms with Gasteiger partial charge in [0, 0.05) is 23.6 Å². The lowest BCUT2D eigenvalue weighted by molar-refractivity contribution is -0.697. The monoisotopic (exact) mass is 406 g/mol. The average molecular weight is 407 g/mol. The molecule has 154 valence electrons. The van der Waals surface area contributed by atoms with Crippen molar-refractivity contribution in [3.63, 3.8) is 0 Å². The lowest BCUT2D eigenvalue weighted by Crippen LogP contribution is -2.43. The maximum atomic E-state index is 10.1. The maximum absolute atomic E-state index is 10.1. The van der Waals surface area contributed by atoms with Crippen molar-refractivity contribution in [2.45, 2.75) is 51.5 Å². The van der Waals surface area contributed by atoms with Crippen LogP contribution in [0.3, 0.4) is 0 Å². The van der Waals surface area contributed by atoms with Gasteiger partial charge >= 0.3 is 0 Å². The molecule has 0 bridgehead atoms. The van der Waals surface area contributed by atoms with Gasteiger partial charge in [-0.05, 0) is 31.4 Å². The molecule has 2 aliphatic rings. The molecular weight excluding hydrogens is 376 g/mol. The normalized spacial score (nSPS) is 20.5. The summed E-state index contributed by atoms with van der Waals surface area (Å²) in [6.45, 7) is 4.44. The minimum absolute atomic E-state index is 0.463. The Hall–Kier alpha value is -3.13. The summed E-state index contributed by atoms with van der Waals surface area (Å²) in [5.74, 6) is 1.75. The van der Waals surface area contributed by atoms with E-state index in [1.165, 1.54) is 59.7 Å². The minimum atomic E-state index is -0.968. The molecule has 0 amide bonds. The predicted molar refractivity (Wildman–Crippen MR) is 126 cm³/mol. The zero-order valence-corrected chi connectivity index (χ0v) is 18.3. The Labute approximate surface area is 186 Å². The molecule has 1 aliphatic heterocycles. The molecule has 0 saturated heterocycles. The molecule has 31 heavy (non-hydrogen) atoms.